The van der Waals surface area contributed by atoms with Gasteiger partial charge in [0.05, 0.1) is 6.21 Å². The maximum absolute atomic E-state index is 5.83. The van der Waals surface area contributed by atoms with Crippen molar-refractivity contribution >= 4 is 34.4 Å². The molecule has 0 atom stereocenters. The van der Waals surface area contributed by atoms with Gasteiger partial charge in [-0.25, -0.2) is 0 Å². The summed E-state index contributed by atoms with van der Waals surface area (Å²) < 4.78 is 8.94. The van der Waals surface area contributed by atoms with Gasteiger partial charge in [0.25, 0.3) is 0 Å². The molecular weight excluding hydrogens is 388 g/mol. The Morgan fingerprint density at radius 3 is 2.58 bits per heavy atom. The summed E-state index contributed by atoms with van der Waals surface area (Å²) in [7, 11) is 0. The average Bonchev–Trinajstić information content (AvgIpc) is 3.12. The molecule has 0 saturated carbocycles. The van der Waals surface area contributed by atoms with Crippen molar-refractivity contribution < 1.29 is 4.42 Å². The number of H-pyrrole nitrogens is 1. The summed E-state index contributed by atoms with van der Waals surface area (Å²) in [6.07, 6.45) is 1.64. The zero-order valence-corrected chi connectivity index (χ0v) is 16.0. The van der Waals surface area contributed by atoms with Crippen LogP contribution in [0.1, 0.15) is 32.4 Å². The van der Waals surface area contributed by atoms with Crippen LogP contribution in [0.2, 0.25) is 0 Å². The fourth-order valence-corrected chi connectivity index (χ4v) is 2.63. The first kappa shape index (κ1) is 16.9. The topological polar surface area (TPSA) is 59.1 Å². The standard InChI is InChI=1S/C17H17BrN4OS/c1-17(2,3)15-20-21-16(24)22(15)19-10-13-8-9-14(23-13)11-4-6-12(18)7-5-11/h4-10H,1-3H3,(H,21,24)/b19-10-. The molecule has 24 heavy (non-hydrogen) atoms. The van der Waals surface area contributed by atoms with Crippen molar-refractivity contribution in [1.29, 1.82) is 0 Å². The molecule has 0 aliphatic rings. The third-order valence-electron chi connectivity index (χ3n) is 3.38. The van der Waals surface area contributed by atoms with E-state index in [1.54, 1.807) is 10.9 Å². The molecule has 0 amide bonds. The molecule has 0 fully saturated rings. The molecule has 3 aromatic rings. The molecule has 3 rings (SSSR count). The van der Waals surface area contributed by atoms with Crippen molar-refractivity contribution in [1.82, 2.24) is 14.9 Å². The molecule has 7 heteroatoms. The fourth-order valence-electron chi connectivity index (χ4n) is 2.19. The van der Waals surface area contributed by atoms with E-state index in [0.717, 1.165) is 21.6 Å². The molecule has 124 valence electrons. The highest BCUT2D eigenvalue weighted by molar-refractivity contribution is 9.10. The number of aromatic amines is 1. The lowest BCUT2D eigenvalue weighted by Gasteiger charge is -2.15. The summed E-state index contributed by atoms with van der Waals surface area (Å²) in [4.78, 5) is 0. The number of hydrogen-bond acceptors (Lipinski definition) is 4. The molecule has 0 unspecified atom stereocenters. The Labute approximate surface area is 153 Å². The lowest BCUT2D eigenvalue weighted by molar-refractivity contribution is 0.515. The van der Waals surface area contributed by atoms with E-state index in [1.165, 1.54) is 0 Å². The minimum Gasteiger partial charge on any atom is -0.455 e. The number of benzene rings is 1. The van der Waals surface area contributed by atoms with Gasteiger partial charge < -0.3 is 4.42 Å². The molecule has 0 aliphatic carbocycles. The number of nitrogens with one attached hydrogen (secondary N) is 1. The summed E-state index contributed by atoms with van der Waals surface area (Å²) >= 11 is 8.67. The van der Waals surface area contributed by atoms with E-state index in [-0.39, 0.29) is 5.41 Å². The van der Waals surface area contributed by atoms with E-state index < -0.39 is 0 Å². The molecule has 2 heterocycles. The Kier molecular flexibility index (Phi) is 4.56. The number of aromatic nitrogens is 3. The van der Waals surface area contributed by atoms with Crippen molar-refractivity contribution in [3.05, 3.63) is 57.2 Å². The van der Waals surface area contributed by atoms with E-state index in [4.69, 9.17) is 16.6 Å². The van der Waals surface area contributed by atoms with Gasteiger partial charge in [0, 0.05) is 15.5 Å². The molecule has 0 spiro atoms. The van der Waals surface area contributed by atoms with Crippen LogP contribution in [-0.4, -0.2) is 21.1 Å². The third-order valence-corrected chi connectivity index (χ3v) is 4.17. The number of halogens is 1. The first-order chi connectivity index (χ1) is 11.3. The second-order valence-corrected chi connectivity index (χ2v) is 7.67. The third kappa shape index (κ3) is 3.57. The van der Waals surface area contributed by atoms with Crippen LogP contribution in [0.15, 0.2) is 50.4 Å². The summed E-state index contributed by atoms with van der Waals surface area (Å²) in [5.41, 5.74) is 0.838. The summed E-state index contributed by atoms with van der Waals surface area (Å²) in [6, 6.07) is 11.7. The smallest absolute Gasteiger partial charge is 0.216 e. The molecule has 0 aliphatic heterocycles. The van der Waals surface area contributed by atoms with Crippen LogP contribution in [0.3, 0.4) is 0 Å². The number of furan rings is 1. The highest BCUT2D eigenvalue weighted by atomic mass is 79.9. The first-order valence-electron chi connectivity index (χ1n) is 7.42. The number of hydrogen-bond donors (Lipinski definition) is 1. The van der Waals surface area contributed by atoms with Crippen LogP contribution in [0.5, 0.6) is 0 Å². The van der Waals surface area contributed by atoms with E-state index in [9.17, 15) is 0 Å². The minimum atomic E-state index is -0.170. The van der Waals surface area contributed by atoms with Gasteiger partial charge >= 0.3 is 0 Å². The van der Waals surface area contributed by atoms with Gasteiger partial charge in [0.2, 0.25) is 4.77 Å². The fraction of sp³-hybridized carbons (Fsp3) is 0.235. The minimum absolute atomic E-state index is 0.170. The van der Waals surface area contributed by atoms with E-state index in [0.29, 0.717) is 10.5 Å². The lowest BCUT2D eigenvalue weighted by atomic mass is 9.96. The SMILES string of the molecule is CC(C)(C)c1n[nH]c(=S)n1/N=C\c1ccc(-c2ccc(Br)cc2)o1. The van der Waals surface area contributed by atoms with Crippen molar-refractivity contribution in [2.75, 3.05) is 0 Å². The van der Waals surface area contributed by atoms with E-state index in [1.807, 2.05) is 36.4 Å². The van der Waals surface area contributed by atoms with Crippen LogP contribution in [0.25, 0.3) is 11.3 Å². The van der Waals surface area contributed by atoms with Crippen LogP contribution >= 0.6 is 28.1 Å². The maximum atomic E-state index is 5.83. The summed E-state index contributed by atoms with van der Waals surface area (Å²) in [6.45, 7) is 6.17. The predicted molar refractivity (Wildman–Crippen MR) is 101 cm³/mol. The lowest BCUT2D eigenvalue weighted by Crippen LogP contribution is -2.17. The monoisotopic (exact) mass is 404 g/mol. The Bertz CT molecular complexity index is 929. The van der Waals surface area contributed by atoms with Crippen molar-refractivity contribution in [3.8, 4) is 11.3 Å². The maximum Gasteiger partial charge on any atom is 0.216 e. The Balaban J connectivity index is 1.88. The summed E-state index contributed by atoms with van der Waals surface area (Å²) in [5, 5.41) is 11.5. The van der Waals surface area contributed by atoms with Crippen LogP contribution in [0, 0.1) is 4.77 Å². The molecule has 1 N–H and O–H groups in total. The second kappa shape index (κ2) is 6.49. The molecule has 5 nitrogen and oxygen atoms in total. The Hall–Kier alpha value is -1.99. The highest BCUT2D eigenvalue weighted by Crippen LogP contribution is 2.24. The van der Waals surface area contributed by atoms with Crippen molar-refractivity contribution in [2.24, 2.45) is 5.10 Å². The van der Waals surface area contributed by atoms with Gasteiger partial charge in [-0.05, 0) is 36.5 Å². The molecule has 0 bridgehead atoms. The number of rotatable bonds is 3. The molecule has 2 aromatic heterocycles. The zero-order valence-electron chi connectivity index (χ0n) is 13.6. The predicted octanol–water partition coefficient (Wildman–Crippen LogP) is 5.14. The zero-order chi connectivity index (χ0) is 17.3. The van der Waals surface area contributed by atoms with Crippen molar-refractivity contribution in [2.45, 2.75) is 26.2 Å². The highest BCUT2D eigenvalue weighted by Gasteiger charge is 2.21. The van der Waals surface area contributed by atoms with Gasteiger partial charge in [-0.1, -0.05) is 48.8 Å². The molecule has 0 saturated heterocycles. The van der Waals surface area contributed by atoms with Gasteiger partial charge in [0.15, 0.2) is 5.82 Å². The van der Waals surface area contributed by atoms with Gasteiger partial charge in [-0.3, -0.25) is 5.10 Å². The van der Waals surface area contributed by atoms with E-state index >= 15 is 0 Å². The second-order valence-electron chi connectivity index (χ2n) is 6.37. The molecule has 1 aromatic carbocycles. The van der Waals surface area contributed by atoms with Gasteiger partial charge in [-0.15, -0.1) is 0 Å². The summed E-state index contributed by atoms with van der Waals surface area (Å²) in [5.74, 6) is 2.20. The quantitative estimate of drug-likeness (QED) is 0.485. The Morgan fingerprint density at radius 2 is 1.92 bits per heavy atom. The molecule has 0 radical (unpaired) electrons. The van der Waals surface area contributed by atoms with Crippen LogP contribution < -0.4 is 0 Å². The number of nitrogens with zero attached hydrogens (tertiary/aromatic N) is 3. The van der Waals surface area contributed by atoms with Crippen LogP contribution in [0.4, 0.5) is 0 Å². The average molecular weight is 405 g/mol. The largest absolute Gasteiger partial charge is 0.455 e. The Morgan fingerprint density at radius 1 is 1.21 bits per heavy atom. The van der Waals surface area contributed by atoms with Gasteiger partial charge in [0.1, 0.15) is 11.5 Å². The normalized spacial score (nSPS) is 12.2. The van der Waals surface area contributed by atoms with Crippen LogP contribution in [-0.2, 0) is 5.41 Å². The van der Waals surface area contributed by atoms with Crippen molar-refractivity contribution in [3.63, 3.8) is 0 Å². The van der Waals surface area contributed by atoms with E-state index in [2.05, 4.69) is 52.0 Å². The molecular formula is C17H17BrN4OS. The van der Waals surface area contributed by atoms with Gasteiger partial charge in [-0.2, -0.15) is 14.9 Å². The first-order valence-corrected chi connectivity index (χ1v) is 8.63.